The third-order valence-electron chi connectivity index (χ3n) is 4.88. The molecule has 0 amide bonds. The van der Waals surface area contributed by atoms with Gasteiger partial charge in [0.2, 0.25) is 0 Å². The lowest BCUT2D eigenvalue weighted by Gasteiger charge is -2.17. The lowest BCUT2D eigenvalue weighted by molar-refractivity contribution is -0.191. The van der Waals surface area contributed by atoms with Crippen LogP contribution in [0.4, 0.5) is 47.8 Å². The van der Waals surface area contributed by atoms with Gasteiger partial charge in [-0.05, 0) is 51.0 Å². The number of aldehydes is 1. The Bertz CT molecular complexity index is 1320. The minimum absolute atomic E-state index is 0.0309. The van der Waals surface area contributed by atoms with Crippen molar-refractivity contribution in [3.05, 3.63) is 75.2 Å². The number of hydrogen-bond acceptors (Lipinski definition) is 7. The summed E-state index contributed by atoms with van der Waals surface area (Å²) in [4.78, 5) is 31.7. The highest BCUT2D eigenvalue weighted by Gasteiger charge is 2.37. The summed E-state index contributed by atoms with van der Waals surface area (Å²) in [7, 11) is 0. The van der Waals surface area contributed by atoms with Gasteiger partial charge in [-0.1, -0.05) is 12.1 Å². The number of benzene rings is 2. The van der Waals surface area contributed by atoms with Crippen molar-refractivity contribution in [3.8, 4) is 0 Å². The zero-order chi connectivity index (χ0) is 34.1. The first-order chi connectivity index (χ1) is 19.8. The highest BCUT2D eigenvalue weighted by Crippen LogP contribution is 2.41. The summed E-state index contributed by atoms with van der Waals surface area (Å²) in [6, 6.07) is 3.49. The van der Waals surface area contributed by atoms with Gasteiger partial charge in [0.05, 0.1) is 42.5 Å². The van der Waals surface area contributed by atoms with E-state index in [4.69, 9.17) is 34.4 Å². The van der Waals surface area contributed by atoms with E-state index in [-0.39, 0.29) is 23.9 Å². The molecule has 230 valence electrons. The largest absolute Gasteiger partial charge is 0.407 e. The monoisotopic (exact) mass is 609 g/mol. The molecule has 0 aliphatic carbocycles. The highest BCUT2D eigenvalue weighted by atomic mass is 19.4. The van der Waals surface area contributed by atoms with Crippen molar-refractivity contribution in [1.29, 1.82) is 0 Å². The third kappa shape index (κ3) is 13.3. The fraction of sp³-hybridized carbons (Fsp3) is 0.385. The van der Waals surface area contributed by atoms with Crippen molar-refractivity contribution < 1.29 is 56.7 Å². The van der Waals surface area contributed by atoms with E-state index in [0.717, 1.165) is 25.1 Å². The lowest BCUT2D eigenvalue weighted by atomic mass is 10.0. The van der Waals surface area contributed by atoms with E-state index in [0.29, 0.717) is 6.29 Å². The average Bonchev–Trinajstić information content (AvgIpc) is 2.89. The zero-order valence-electron chi connectivity index (χ0n) is 23.5. The van der Waals surface area contributed by atoms with E-state index in [2.05, 4.69) is 15.0 Å². The Hall–Kier alpha value is -4.34. The van der Waals surface area contributed by atoms with Crippen LogP contribution in [0, 0.1) is 32.8 Å². The summed E-state index contributed by atoms with van der Waals surface area (Å²) in [6.07, 6.45) is -9.96. The molecule has 0 unspecified atom stereocenters. The molecule has 0 saturated carbocycles. The molecular formula is C26H27F7N4O5. The summed E-state index contributed by atoms with van der Waals surface area (Å²) in [5, 5.41) is 20.4. The molecule has 2 rings (SSSR count). The first kappa shape index (κ1) is 37.7. The van der Waals surface area contributed by atoms with Gasteiger partial charge in [-0.15, -0.1) is 0 Å². The van der Waals surface area contributed by atoms with E-state index in [1.165, 1.54) is 26.8 Å². The standard InChI is InChI=1S/C12H13F3N2O.C9H5F4N.C4H9NO2.CO2/c1-7(18)6-17-9-4-5-10(16-3)11(8(9)2)12(13,14)15;1-5-6(10)3-4-7(14-2)8(5)9(11,12)13;1-3(7)4(5)2-6;2-1-3/h4-5,7,17-18H,6H2,1-2H3;3-4H,1H3;2-4,7H,5H2,1H3;/t7-;;3-,4-;/m0.1./s1/i/hD. The SMILES string of the molecule is O=C=O.[2H]N[C@H](C=O)[C@@H](C)O.[C-]#[N+]c1ccc(F)c(C)c1C(F)(F)F.[C-]#[N+]c1ccc(NC[C@H](C)O)c(C)c1C(F)(F)F. The molecule has 0 aromatic heterocycles. The molecule has 0 saturated heterocycles. The van der Waals surface area contributed by atoms with Crippen LogP contribution in [0.25, 0.3) is 9.69 Å². The first-order valence-electron chi connectivity index (χ1n) is 11.8. The number of nitrogens with zero attached hydrogens (tertiary/aromatic N) is 2. The number of nitrogens with one attached hydrogen (secondary N) is 1. The Morgan fingerprint density at radius 3 is 1.71 bits per heavy atom. The van der Waals surface area contributed by atoms with Crippen LogP contribution in [0.3, 0.4) is 0 Å². The number of nitrogens with two attached hydrogens (primary N) is 1. The molecule has 5 N–H and O–H groups in total. The summed E-state index contributed by atoms with van der Waals surface area (Å²) < 4.78 is 94.9. The Labute approximate surface area is 237 Å². The van der Waals surface area contributed by atoms with Gasteiger partial charge in [0.15, 0.2) is 11.4 Å². The number of hydrogen-bond donors (Lipinski definition) is 4. The van der Waals surface area contributed by atoms with Crippen LogP contribution in [-0.2, 0) is 26.7 Å². The van der Waals surface area contributed by atoms with Gasteiger partial charge in [-0.2, -0.15) is 35.9 Å². The number of carbonyl (C=O) groups excluding carboxylic acids is 3. The van der Waals surface area contributed by atoms with Crippen molar-refractivity contribution in [2.45, 2.75) is 58.3 Å². The highest BCUT2D eigenvalue weighted by molar-refractivity contribution is 5.67. The first-order valence-corrected chi connectivity index (χ1v) is 11.3. The maximum atomic E-state index is 12.9. The molecule has 0 bridgehead atoms. The number of aliphatic hydroxyl groups is 2. The summed E-state index contributed by atoms with van der Waals surface area (Å²) in [5.74, 6) is -0.954. The number of rotatable bonds is 6. The molecule has 0 radical (unpaired) electrons. The van der Waals surface area contributed by atoms with E-state index < -0.39 is 64.5 Å². The second-order valence-electron chi connectivity index (χ2n) is 8.13. The Morgan fingerprint density at radius 2 is 1.40 bits per heavy atom. The van der Waals surface area contributed by atoms with Crippen molar-refractivity contribution >= 4 is 29.5 Å². The molecule has 0 fully saturated rings. The number of carbonyl (C=O) groups is 1. The molecule has 16 heteroatoms. The molecular weight excluding hydrogens is 581 g/mol. The van der Waals surface area contributed by atoms with Crippen LogP contribution in [0.15, 0.2) is 24.3 Å². The van der Waals surface area contributed by atoms with Crippen LogP contribution in [-0.4, -0.2) is 47.4 Å². The van der Waals surface area contributed by atoms with Crippen molar-refractivity contribution in [2.75, 3.05) is 11.9 Å². The topological polar surface area (TPSA) is 138 Å². The van der Waals surface area contributed by atoms with E-state index in [9.17, 15) is 35.5 Å². The Kier molecular flexibility index (Phi) is 16.3. The third-order valence-corrected chi connectivity index (χ3v) is 4.88. The molecule has 0 heterocycles. The van der Waals surface area contributed by atoms with Gasteiger partial charge >= 0.3 is 18.5 Å². The smallest absolute Gasteiger partial charge is 0.392 e. The Balaban J connectivity index is 0. The van der Waals surface area contributed by atoms with E-state index in [1.807, 2.05) is 5.73 Å². The van der Waals surface area contributed by atoms with Crippen LogP contribution in [0.1, 0.15) is 36.1 Å². The molecule has 2 aromatic rings. The van der Waals surface area contributed by atoms with E-state index >= 15 is 0 Å². The van der Waals surface area contributed by atoms with Crippen molar-refractivity contribution in [2.24, 2.45) is 5.73 Å². The van der Waals surface area contributed by atoms with E-state index in [1.54, 1.807) is 0 Å². The predicted octanol–water partition coefficient (Wildman–Crippen LogP) is 5.37. The second-order valence-corrected chi connectivity index (χ2v) is 8.13. The minimum Gasteiger partial charge on any atom is -0.392 e. The number of halogens is 7. The zero-order valence-corrected chi connectivity index (χ0v) is 22.5. The number of aliphatic hydroxyl groups excluding tert-OH is 2. The van der Waals surface area contributed by atoms with Gasteiger partial charge in [0.1, 0.15) is 13.5 Å². The summed E-state index contributed by atoms with van der Waals surface area (Å²) in [6.45, 7) is 18.7. The van der Waals surface area contributed by atoms with Crippen molar-refractivity contribution in [3.63, 3.8) is 0 Å². The number of anilines is 1. The molecule has 2 aromatic carbocycles. The quantitative estimate of drug-likeness (QED) is 0.196. The molecule has 42 heavy (non-hydrogen) atoms. The molecule has 0 spiro atoms. The molecule has 9 nitrogen and oxygen atoms in total. The predicted molar refractivity (Wildman–Crippen MR) is 136 cm³/mol. The van der Waals surface area contributed by atoms with Gasteiger partial charge in [-0.3, -0.25) is 0 Å². The second kappa shape index (κ2) is 18.2. The fourth-order valence-electron chi connectivity index (χ4n) is 2.83. The normalized spacial score (nSPS) is 12.8. The van der Waals surface area contributed by atoms with Crippen LogP contribution in [0.2, 0.25) is 1.41 Å². The Morgan fingerprint density at radius 1 is 0.976 bits per heavy atom. The van der Waals surface area contributed by atoms with Crippen LogP contribution in [0.5, 0.6) is 0 Å². The van der Waals surface area contributed by atoms with Crippen LogP contribution < -0.4 is 11.0 Å². The molecule has 3 atom stereocenters. The summed E-state index contributed by atoms with van der Waals surface area (Å²) >= 11 is 0. The van der Waals surface area contributed by atoms with Crippen molar-refractivity contribution in [1.82, 2.24) is 0 Å². The maximum absolute atomic E-state index is 12.9. The average molecular weight is 610 g/mol. The lowest BCUT2D eigenvalue weighted by Crippen LogP contribution is -2.33. The van der Waals surface area contributed by atoms with Gasteiger partial charge in [-0.25, -0.2) is 14.1 Å². The van der Waals surface area contributed by atoms with Crippen LogP contribution >= 0.6 is 0 Å². The van der Waals surface area contributed by atoms with Gasteiger partial charge in [0.25, 0.3) is 0 Å². The summed E-state index contributed by atoms with van der Waals surface area (Å²) in [5.41, 5.74) is -1.51. The minimum atomic E-state index is -4.69. The molecule has 0 aliphatic rings. The fourth-order valence-corrected chi connectivity index (χ4v) is 2.83. The number of alkyl halides is 6. The van der Waals surface area contributed by atoms with Gasteiger partial charge in [0, 0.05) is 12.2 Å². The molecule has 0 aliphatic heterocycles. The maximum Gasteiger partial charge on any atom is 0.407 e. The van der Waals surface area contributed by atoms with Gasteiger partial charge < -0.3 is 26.1 Å².